The molecule has 0 saturated carbocycles. The van der Waals surface area contributed by atoms with Crippen molar-refractivity contribution in [2.24, 2.45) is 11.8 Å². The van der Waals surface area contributed by atoms with Crippen molar-refractivity contribution < 1.29 is 14.4 Å². The van der Waals surface area contributed by atoms with Crippen molar-refractivity contribution in [1.82, 2.24) is 9.88 Å². The molecule has 128 valence electrons. The highest BCUT2D eigenvalue weighted by Crippen LogP contribution is 2.35. The molecule has 1 N–H and O–H groups in total. The summed E-state index contributed by atoms with van der Waals surface area (Å²) in [5.74, 6) is -1.51. The van der Waals surface area contributed by atoms with E-state index in [0.717, 1.165) is 15.5 Å². The molecule has 1 aliphatic carbocycles. The number of carbonyl (C=O) groups is 3. The Hall–Kier alpha value is -2.32. The van der Waals surface area contributed by atoms with Gasteiger partial charge in [-0.3, -0.25) is 19.3 Å². The van der Waals surface area contributed by atoms with Crippen LogP contribution in [0.1, 0.15) is 12.8 Å². The largest absolute Gasteiger partial charge is 0.300 e. The first-order valence-electron chi connectivity index (χ1n) is 7.93. The van der Waals surface area contributed by atoms with Crippen molar-refractivity contribution in [2.75, 3.05) is 11.9 Å². The zero-order valence-electron chi connectivity index (χ0n) is 13.2. The number of nitrogens with zero attached hydrogens (tertiary/aromatic N) is 2. The van der Waals surface area contributed by atoms with E-state index in [0.29, 0.717) is 18.0 Å². The van der Waals surface area contributed by atoms with E-state index in [1.165, 1.54) is 11.3 Å². The number of likely N-dealkylation sites (tertiary alicyclic amines) is 1. The number of amides is 3. The van der Waals surface area contributed by atoms with Gasteiger partial charge in [0.15, 0.2) is 5.13 Å². The standard InChI is InChI=1S/C17H15N3O3S2/c21-14(19-17-18-12(9-25-17)13-6-3-7-24-13)8-20-15(22)10-4-1-2-5-11(10)16(20)23/h1-3,6-7,9-11H,4-5,8H2,(H,18,19,21)/t10-,11+. The monoisotopic (exact) mass is 373 g/mol. The van der Waals surface area contributed by atoms with Crippen LogP contribution < -0.4 is 5.32 Å². The lowest BCUT2D eigenvalue weighted by Crippen LogP contribution is -2.38. The number of anilines is 1. The van der Waals surface area contributed by atoms with Crippen molar-refractivity contribution in [3.8, 4) is 10.6 Å². The molecule has 4 rings (SSSR count). The number of nitrogens with one attached hydrogen (secondary N) is 1. The van der Waals surface area contributed by atoms with E-state index in [1.807, 2.05) is 35.0 Å². The third-order valence-corrected chi connectivity index (χ3v) is 6.07. The summed E-state index contributed by atoms with van der Waals surface area (Å²) in [6.07, 6.45) is 5.00. The number of imide groups is 1. The summed E-state index contributed by atoms with van der Waals surface area (Å²) in [5.41, 5.74) is 0.806. The highest BCUT2D eigenvalue weighted by molar-refractivity contribution is 7.16. The predicted octanol–water partition coefficient (Wildman–Crippen LogP) is 2.76. The molecule has 2 aromatic rings. The molecule has 0 spiro atoms. The lowest BCUT2D eigenvalue weighted by molar-refractivity contribution is -0.142. The fourth-order valence-electron chi connectivity index (χ4n) is 3.20. The van der Waals surface area contributed by atoms with E-state index in [2.05, 4.69) is 10.3 Å². The molecule has 2 atom stereocenters. The maximum absolute atomic E-state index is 12.4. The van der Waals surface area contributed by atoms with E-state index in [9.17, 15) is 14.4 Å². The molecule has 1 fully saturated rings. The van der Waals surface area contributed by atoms with Gasteiger partial charge in [-0.25, -0.2) is 4.98 Å². The predicted molar refractivity (Wildman–Crippen MR) is 96.1 cm³/mol. The Kier molecular flexibility index (Phi) is 4.22. The third-order valence-electron chi connectivity index (χ3n) is 4.42. The number of thiazole rings is 1. The van der Waals surface area contributed by atoms with Gasteiger partial charge >= 0.3 is 0 Å². The van der Waals surface area contributed by atoms with Crippen molar-refractivity contribution in [1.29, 1.82) is 0 Å². The molecule has 25 heavy (non-hydrogen) atoms. The Morgan fingerprint density at radius 3 is 2.56 bits per heavy atom. The second-order valence-electron chi connectivity index (χ2n) is 5.98. The van der Waals surface area contributed by atoms with Gasteiger partial charge in [-0.1, -0.05) is 18.2 Å². The first kappa shape index (κ1) is 16.2. The van der Waals surface area contributed by atoms with E-state index in [4.69, 9.17) is 0 Å². The first-order chi connectivity index (χ1) is 12.1. The smallest absolute Gasteiger partial charge is 0.246 e. The molecule has 0 bridgehead atoms. The maximum Gasteiger partial charge on any atom is 0.246 e. The molecule has 8 heteroatoms. The average molecular weight is 373 g/mol. The van der Waals surface area contributed by atoms with Gasteiger partial charge in [0, 0.05) is 5.38 Å². The van der Waals surface area contributed by atoms with Gasteiger partial charge in [-0.2, -0.15) is 0 Å². The molecule has 1 aliphatic heterocycles. The number of allylic oxidation sites excluding steroid dienone is 2. The summed E-state index contributed by atoms with van der Waals surface area (Å²) in [6.45, 7) is -0.251. The summed E-state index contributed by atoms with van der Waals surface area (Å²) in [7, 11) is 0. The quantitative estimate of drug-likeness (QED) is 0.660. The van der Waals surface area contributed by atoms with Crippen LogP contribution in [0.5, 0.6) is 0 Å². The van der Waals surface area contributed by atoms with Gasteiger partial charge in [-0.05, 0) is 24.3 Å². The fourth-order valence-corrected chi connectivity index (χ4v) is 4.68. The second kappa shape index (κ2) is 6.53. The number of hydrogen-bond donors (Lipinski definition) is 1. The SMILES string of the molecule is O=C(CN1C(=O)[C@H]2CC=CC[C@H]2C1=O)Nc1nc(-c2cccs2)cs1. The normalized spacial score (nSPS) is 22.3. The van der Waals surface area contributed by atoms with Gasteiger partial charge in [0.25, 0.3) is 0 Å². The molecule has 2 aromatic heterocycles. The van der Waals surface area contributed by atoms with Crippen LogP contribution in [0.15, 0.2) is 35.0 Å². The summed E-state index contributed by atoms with van der Waals surface area (Å²) >= 11 is 2.90. The van der Waals surface area contributed by atoms with Crippen LogP contribution in [0.2, 0.25) is 0 Å². The number of hydrogen-bond acceptors (Lipinski definition) is 6. The lowest BCUT2D eigenvalue weighted by atomic mass is 9.85. The first-order valence-corrected chi connectivity index (χ1v) is 9.69. The maximum atomic E-state index is 12.4. The topological polar surface area (TPSA) is 79.4 Å². The Labute approximate surface area is 152 Å². The molecule has 2 aliphatic rings. The summed E-state index contributed by atoms with van der Waals surface area (Å²) in [4.78, 5) is 43.5. The Morgan fingerprint density at radius 2 is 1.92 bits per heavy atom. The minimum atomic E-state index is -0.402. The number of carbonyl (C=O) groups excluding carboxylic acids is 3. The van der Waals surface area contributed by atoms with Crippen LogP contribution in [0, 0.1) is 11.8 Å². The molecule has 3 heterocycles. The zero-order chi connectivity index (χ0) is 17.4. The Morgan fingerprint density at radius 1 is 1.20 bits per heavy atom. The number of rotatable bonds is 4. The molecule has 0 unspecified atom stereocenters. The molecule has 0 radical (unpaired) electrons. The van der Waals surface area contributed by atoms with E-state index >= 15 is 0 Å². The molecule has 3 amide bonds. The molecule has 0 aromatic carbocycles. The summed E-state index contributed by atoms with van der Waals surface area (Å²) in [5, 5.41) is 6.98. The molecule has 6 nitrogen and oxygen atoms in total. The molecular formula is C17H15N3O3S2. The molecular weight excluding hydrogens is 358 g/mol. The lowest BCUT2D eigenvalue weighted by Gasteiger charge is -2.14. The van der Waals surface area contributed by atoms with Gasteiger partial charge < -0.3 is 5.32 Å². The van der Waals surface area contributed by atoms with Gasteiger partial charge in [0.05, 0.1) is 22.4 Å². The van der Waals surface area contributed by atoms with Gasteiger partial charge in [0.1, 0.15) is 6.54 Å². The van der Waals surface area contributed by atoms with Crippen LogP contribution in [-0.4, -0.2) is 34.2 Å². The van der Waals surface area contributed by atoms with E-state index in [-0.39, 0.29) is 30.2 Å². The van der Waals surface area contributed by atoms with Crippen LogP contribution in [0.4, 0.5) is 5.13 Å². The van der Waals surface area contributed by atoms with Crippen LogP contribution in [-0.2, 0) is 14.4 Å². The summed E-state index contributed by atoms with van der Waals surface area (Å²) < 4.78 is 0. The Bertz CT molecular complexity index is 830. The zero-order valence-corrected chi connectivity index (χ0v) is 14.8. The van der Waals surface area contributed by atoms with Crippen LogP contribution in [0.25, 0.3) is 10.6 Å². The third kappa shape index (κ3) is 3.03. The highest BCUT2D eigenvalue weighted by atomic mass is 32.1. The fraction of sp³-hybridized carbons (Fsp3) is 0.294. The molecule has 1 saturated heterocycles. The number of fused-ring (bicyclic) bond motifs is 1. The van der Waals surface area contributed by atoms with E-state index in [1.54, 1.807) is 11.3 Å². The van der Waals surface area contributed by atoms with Gasteiger partial charge in [-0.15, -0.1) is 22.7 Å². The van der Waals surface area contributed by atoms with Crippen molar-refractivity contribution in [2.45, 2.75) is 12.8 Å². The average Bonchev–Trinajstić information content (AvgIpc) is 3.33. The van der Waals surface area contributed by atoms with Crippen LogP contribution in [0.3, 0.4) is 0 Å². The van der Waals surface area contributed by atoms with E-state index < -0.39 is 5.91 Å². The van der Waals surface area contributed by atoms with Crippen LogP contribution >= 0.6 is 22.7 Å². The van der Waals surface area contributed by atoms with Crippen molar-refractivity contribution >= 4 is 45.5 Å². The minimum Gasteiger partial charge on any atom is -0.300 e. The van der Waals surface area contributed by atoms with Gasteiger partial charge in [0.2, 0.25) is 17.7 Å². The number of thiophene rings is 1. The Balaban J connectivity index is 1.41. The second-order valence-corrected chi connectivity index (χ2v) is 7.79. The van der Waals surface area contributed by atoms with Crippen molar-refractivity contribution in [3.63, 3.8) is 0 Å². The van der Waals surface area contributed by atoms with Crippen molar-refractivity contribution in [3.05, 3.63) is 35.0 Å². The highest BCUT2D eigenvalue weighted by Gasteiger charge is 2.47. The summed E-state index contributed by atoms with van der Waals surface area (Å²) in [6, 6.07) is 3.90. The number of aromatic nitrogens is 1. The minimum absolute atomic E-state index is 0.243.